The maximum absolute atomic E-state index is 12.3. The van der Waals surface area contributed by atoms with Crippen molar-refractivity contribution in [3.8, 4) is 0 Å². The summed E-state index contributed by atoms with van der Waals surface area (Å²) in [5.41, 5.74) is -0.639. The van der Waals surface area contributed by atoms with E-state index in [0.29, 0.717) is 12.5 Å². The topological polar surface area (TPSA) is 38.8 Å². The second-order valence-electron chi connectivity index (χ2n) is 7.37. The van der Waals surface area contributed by atoms with Gasteiger partial charge in [0.25, 0.3) is 0 Å². The Hall–Kier alpha value is -0.770. The molecule has 124 valence electrons. The van der Waals surface area contributed by atoms with Crippen LogP contribution >= 0.6 is 0 Å². The highest BCUT2D eigenvalue weighted by Crippen LogP contribution is 2.30. The van der Waals surface area contributed by atoms with Crippen LogP contribution in [0.5, 0.6) is 0 Å². The number of amides is 1. The molecule has 0 bridgehead atoms. The van der Waals surface area contributed by atoms with Gasteiger partial charge in [-0.25, -0.2) is 4.79 Å². The Morgan fingerprint density at radius 1 is 1.33 bits per heavy atom. The molecule has 0 saturated carbocycles. The van der Waals surface area contributed by atoms with Gasteiger partial charge in [0.2, 0.25) is 0 Å². The molecule has 1 aliphatic heterocycles. The SMILES string of the molecule is CCC(C)COC1(CC)CCCN(C(=O)OC(C)(C)C)C1. The van der Waals surface area contributed by atoms with Crippen LogP contribution in [0.1, 0.15) is 67.2 Å². The fraction of sp³-hybridized carbons (Fsp3) is 0.941. The molecule has 0 aromatic rings. The molecule has 1 amide bonds. The van der Waals surface area contributed by atoms with E-state index >= 15 is 0 Å². The Morgan fingerprint density at radius 3 is 2.52 bits per heavy atom. The van der Waals surface area contributed by atoms with Gasteiger partial charge in [-0.05, 0) is 46.0 Å². The number of hydrogen-bond acceptors (Lipinski definition) is 3. The largest absolute Gasteiger partial charge is 0.444 e. The van der Waals surface area contributed by atoms with Crippen molar-refractivity contribution in [1.82, 2.24) is 4.90 Å². The Morgan fingerprint density at radius 2 is 2.00 bits per heavy atom. The van der Waals surface area contributed by atoms with Crippen molar-refractivity contribution in [2.75, 3.05) is 19.7 Å². The molecule has 1 saturated heterocycles. The summed E-state index contributed by atoms with van der Waals surface area (Å²) in [5, 5.41) is 0. The molecular weight excluding hydrogens is 266 g/mol. The van der Waals surface area contributed by atoms with Gasteiger partial charge in [-0.2, -0.15) is 0 Å². The standard InChI is InChI=1S/C17H33NO3/c1-7-14(3)12-20-17(8-2)10-9-11-18(13-17)15(19)21-16(4,5)6/h14H,7-13H2,1-6H3. The zero-order valence-corrected chi connectivity index (χ0v) is 14.7. The molecule has 4 heteroatoms. The third-order valence-electron chi connectivity index (χ3n) is 4.21. The van der Waals surface area contributed by atoms with Gasteiger partial charge in [-0.3, -0.25) is 0 Å². The van der Waals surface area contributed by atoms with E-state index in [1.165, 1.54) is 0 Å². The smallest absolute Gasteiger partial charge is 0.410 e. The molecule has 2 atom stereocenters. The predicted molar refractivity (Wildman–Crippen MR) is 85.5 cm³/mol. The highest BCUT2D eigenvalue weighted by Gasteiger charge is 2.38. The summed E-state index contributed by atoms with van der Waals surface area (Å²) in [6, 6.07) is 0. The number of nitrogens with zero attached hydrogens (tertiary/aromatic N) is 1. The molecule has 0 N–H and O–H groups in total. The highest BCUT2D eigenvalue weighted by atomic mass is 16.6. The van der Waals surface area contributed by atoms with E-state index in [4.69, 9.17) is 9.47 Å². The van der Waals surface area contributed by atoms with Crippen molar-refractivity contribution in [3.05, 3.63) is 0 Å². The molecule has 0 aromatic carbocycles. The minimum Gasteiger partial charge on any atom is -0.444 e. The van der Waals surface area contributed by atoms with E-state index in [9.17, 15) is 4.79 Å². The number of carbonyl (C=O) groups is 1. The van der Waals surface area contributed by atoms with Gasteiger partial charge in [0.15, 0.2) is 0 Å². The lowest BCUT2D eigenvalue weighted by Crippen LogP contribution is -2.52. The molecule has 1 rings (SSSR count). The summed E-state index contributed by atoms with van der Waals surface area (Å²) in [6.07, 6.45) is 3.85. The van der Waals surface area contributed by atoms with Crippen LogP contribution in [0.3, 0.4) is 0 Å². The summed E-state index contributed by atoms with van der Waals surface area (Å²) < 4.78 is 11.7. The lowest BCUT2D eigenvalue weighted by Gasteiger charge is -2.42. The quantitative estimate of drug-likeness (QED) is 0.762. The molecule has 1 heterocycles. The van der Waals surface area contributed by atoms with Crippen molar-refractivity contribution in [2.45, 2.75) is 78.4 Å². The molecule has 21 heavy (non-hydrogen) atoms. The minimum absolute atomic E-state index is 0.196. The number of piperidine rings is 1. The van der Waals surface area contributed by atoms with Crippen molar-refractivity contribution in [2.24, 2.45) is 5.92 Å². The second kappa shape index (κ2) is 7.48. The molecule has 4 nitrogen and oxygen atoms in total. The van der Waals surface area contributed by atoms with E-state index < -0.39 is 5.60 Å². The van der Waals surface area contributed by atoms with E-state index in [1.807, 2.05) is 25.7 Å². The summed E-state index contributed by atoms with van der Waals surface area (Å²) in [4.78, 5) is 14.1. The monoisotopic (exact) mass is 299 g/mol. The first-order valence-electron chi connectivity index (χ1n) is 8.33. The Kier molecular flexibility index (Phi) is 6.51. The fourth-order valence-electron chi connectivity index (χ4n) is 2.53. The first-order valence-corrected chi connectivity index (χ1v) is 8.33. The van der Waals surface area contributed by atoms with E-state index in [1.54, 1.807) is 0 Å². The number of ether oxygens (including phenoxy) is 2. The summed E-state index contributed by atoms with van der Waals surface area (Å²) in [6.45, 7) is 14.4. The van der Waals surface area contributed by atoms with Gasteiger partial charge in [-0.1, -0.05) is 27.2 Å². The Labute approximate surface area is 130 Å². The van der Waals surface area contributed by atoms with Crippen LogP contribution in [0.25, 0.3) is 0 Å². The van der Waals surface area contributed by atoms with Gasteiger partial charge in [0, 0.05) is 13.2 Å². The first kappa shape index (κ1) is 18.3. The summed E-state index contributed by atoms with van der Waals surface area (Å²) in [5.74, 6) is 0.560. The normalized spacial score (nSPS) is 24.8. The van der Waals surface area contributed by atoms with Crippen molar-refractivity contribution in [3.63, 3.8) is 0 Å². The predicted octanol–water partition coefficient (Wildman–Crippen LogP) is 4.23. The minimum atomic E-state index is -0.443. The van der Waals surface area contributed by atoms with Gasteiger partial charge in [-0.15, -0.1) is 0 Å². The molecule has 1 fully saturated rings. The average Bonchev–Trinajstić information content (AvgIpc) is 2.43. The van der Waals surface area contributed by atoms with Gasteiger partial charge < -0.3 is 14.4 Å². The number of rotatable bonds is 5. The Balaban J connectivity index is 2.64. The number of hydrogen-bond donors (Lipinski definition) is 0. The average molecular weight is 299 g/mol. The van der Waals surface area contributed by atoms with Crippen LogP contribution in [0.2, 0.25) is 0 Å². The molecule has 0 aromatic heterocycles. The first-order chi connectivity index (χ1) is 9.71. The summed E-state index contributed by atoms with van der Waals surface area (Å²) >= 11 is 0. The van der Waals surface area contributed by atoms with Crippen LogP contribution in [-0.4, -0.2) is 41.9 Å². The van der Waals surface area contributed by atoms with Crippen molar-refractivity contribution in [1.29, 1.82) is 0 Å². The van der Waals surface area contributed by atoms with E-state index in [2.05, 4.69) is 20.8 Å². The molecular formula is C17H33NO3. The van der Waals surface area contributed by atoms with Crippen LogP contribution < -0.4 is 0 Å². The molecule has 2 unspecified atom stereocenters. The maximum atomic E-state index is 12.3. The zero-order valence-electron chi connectivity index (χ0n) is 14.7. The van der Waals surface area contributed by atoms with Crippen molar-refractivity contribution >= 4 is 6.09 Å². The number of likely N-dealkylation sites (tertiary alicyclic amines) is 1. The Bertz CT molecular complexity index is 337. The van der Waals surface area contributed by atoms with Crippen LogP contribution in [-0.2, 0) is 9.47 Å². The van der Waals surface area contributed by atoms with Gasteiger partial charge in [0.05, 0.1) is 12.1 Å². The van der Waals surface area contributed by atoms with Gasteiger partial charge >= 0.3 is 6.09 Å². The van der Waals surface area contributed by atoms with Crippen molar-refractivity contribution < 1.29 is 14.3 Å². The van der Waals surface area contributed by atoms with Gasteiger partial charge in [0.1, 0.15) is 5.60 Å². The van der Waals surface area contributed by atoms with Crippen LogP contribution in [0.4, 0.5) is 4.79 Å². The summed E-state index contributed by atoms with van der Waals surface area (Å²) in [7, 11) is 0. The highest BCUT2D eigenvalue weighted by molar-refractivity contribution is 5.68. The lowest BCUT2D eigenvalue weighted by molar-refractivity contribution is -0.102. The zero-order chi connectivity index (χ0) is 16.1. The molecule has 0 aliphatic carbocycles. The molecule has 0 spiro atoms. The molecule has 1 aliphatic rings. The molecule has 0 radical (unpaired) electrons. The number of carbonyl (C=O) groups excluding carboxylic acids is 1. The third kappa shape index (κ3) is 5.85. The van der Waals surface area contributed by atoms with Crippen LogP contribution in [0, 0.1) is 5.92 Å². The maximum Gasteiger partial charge on any atom is 0.410 e. The van der Waals surface area contributed by atoms with E-state index in [0.717, 1.165) is 38.8 Å². The fourth-order valence-corrected chi connectivity index (χ4v) is 2.53. The lowest BCUT2D eigenvalue weighted by atomic mass is 9.90. The third-order valence-corrected chi connectivity index (χ3v) is 4.21. The van der Waals surface area contributed by atoms with Crippen LogP contribution in [0.15, 0.2) is 0 Å². The van der Waals surface area contributed by atoms with E-state index in [-0.39, 0.29) is 11.7 Å². The second-order valence-corrected chi connectivity index (χ2v) is 7.37.